The summed E-state index contributed by atoms with van der Waals surface area (Å²) in [5, 5.41) is 0. The van der Waals surface area contributed by atoms with E-state index in [1.807, 2.05) is 33.7 Å². The number of likely N-dealkylation sites (N-methyl/N-ethyl adjacent to an activating group) is 1. The highest BCUT2D eigenvalue weighted by atomic mass is 16.5. The third kappa shape index (κ3) is 4.00. The van der Waals surface area contributed by atoms with Crippen molar-refractivity contribution in [3.05, 3.63) is 35.8 Å². The second kappa shape index (κ2) is 8.37. The van der Waals surface area contributed by atoms with Gasteiger partial charge in [-0.1, -0.05) is 13.0 Å². The number of fused-ring (bicyclic) bond motifs is 1. The van der Waals surface area contributed by atoms with Gasteiger partial charge < -0.3 is 18.8 Å². The third-order valence-corrected chi connectivity index (χ3v) is 5.44. The number of carbonyl (C=O) groups is 1. The lowest BCUT2D eigenvalue weighted by atomic mass is 10.2. The number of hydrogen-bond donors (Lipinski definition) is 0. The maximum atomic E-state index is 13.2. The van der Waals surface area contributed by atoms with Crippen LogP contribution in [-0.2, 0) is 16.0 Å². The summed E-state index contributed by atoms with van der Waals surface area (Å²) in [6.07, 6.45) is 4.54. The van der Waals surface area contributed by atoms with Crippen molar-refractivity contribution in [1.29, 1.82) is 0 Å². The minimum Gasteiger partial charge on any atom is -0.378 e. The van der Waals surface area contributed by atoms with Crippen molar-refractivity contribution in [2.75, 3.05) is 46.0 Å². The molecule has 27 heavy (non-hydrogen) atoms. The van der Waals surface area contributed by atoms with E-state index in [4.69, 9.17) is 9.47 Å². The lowest BCUT2D eigenvalue weighted by molar-refractivity contribution is 0.0297. The van der Waals surface area contributed by atoms with E-state index in [9.17, 15) is 4.79 Å². The van der Waals surface area contributed by atoms with Crippen LogP contribution in [-0.4, -0.2) is 77.2 Å². The second-order valence-corrected chi connectivity index (χ2v) is 7.20. The van der Waals surface area contributed by atoms with E-state index in [0.29, 0.717) is 44.6 Å². The van der Waals surface area contributed by atoms with Crippen molar-refractivity contribution >= 4 is 11.6 Å². The third-order valence-electron chi connectivity index (χ3n) is 5.44. The Hall–Kier alpha value is -1.96. The molecular formula is C20H28N4O3. The molecule has 2 aromatic heterocycles. The van der Waals surface area contributed by atoms with Gasteiger partial charge in [0.2, 0.25) is 0 Å². The Kier molecular flexibility index (Phi) is 5.71. The van der Waals surface area contributed by atoms with Crippen LogP contribution in [0.1, 0.15) is 35.9 Å². The van der Waals surface area contributed by atoms with E-state index in [1.54, 1.807) is 0 Å². The van der Waals surface area contributed by atoms with E-state index in [1.165, 1.54) is 0 Å². The molecule has 2 aliphatic heterocycles. The summed E-state index contributed by atoms with van der Waals surface area (Å²) >= 11 is 0. The summed E-state index contributed by atoms with van der Waals surface area (Å²) < 4.78 is 13.2. The zero-order chi connectivity index (χ0) is 18.6. The van der Waals surface area contributed by atoms with Crippen LogP contribution in [0.15, 0.2) is 24.4 Å². The van der Waals surface area contributed by atoms with Crippen molar-refractivity contribution in [1.82, 2.24) is 19.2 Å². The minimum absolute atomic E-state index is 0.00479. The molecule has 0 spiro atoms. The largest absolute Gasteiger partial charge is 0.378 e. The molecule has 2 fully saturated rings. The fraction of sp³-hybridized carbons (Fsp3) is 0.600. The van der Waals surface area contributed by atoms with Crippen molar-refractivity contribution in [2.45, 2.75) is 32.4 Å². The molecule has 0 N–H and O–H groups in total. The molecule has 0 saturated carbocycles. The summed E-state index contributed by atoms with van der Waals surface area (Å²) in [5.41, 5.74) is 2.34. The van der Waals surface area contributed by atoms with Crippen LogP contribution in [0.3, 0.4) is 0 Å². The number of pyridine rings is 1. The van der Waals surface area contributed by atoms with Crippen LogP contribution in [0.4, 0.5) is 0 Å². The fourth-order valence-electron chi connectivity index (χ4n) is 3.88. The van der Waals surface area contributed by atoms with Crippen LogP contribution in [0.2, 0.25) is 0 Å². The molecule has 4 rings (SSSR count). The molecule has 1 atom stereocenters. The maximum absolute atomic E-state index is 13.2. The van der Waals surface area contributed by atoms with Gasteiger partial charge in [-0.25, -0.2) is 4.98 Å². The Morgan fingerprint density at radius 2 is 2.15 bits per heavy atom. The van der Waals surface area contributed by atoms with E-state index in [-0.39, 0.29) is 5.91 Å². The molecule has 7 heteroatoms. The van der Waals surface area contributed by atoms with E-state index >= 15 is 0 Å². The van der Waals surface area contributed by atoms with Crippen LogP contribution >= 0.6 is 0 Å². The molecule has 2 aromatic rings. The molecule has 1 amide bonds. The number of morpholine rings is 1. The molecule has 1 unspecified atom stereocenters. The molecule has 0 aliphatic carbocycles. The van der Waals surface area contributed by atoms with Crippen molar-refractivity contribution < 1.29 is 14.3 Å². The lowest BCUT2D eigenvalue weighted by Gasteiger charge is -2.27. The summed E-state index contributed by atoms with van der Waals surface area (Å²) in [6, 6.07) is 5.90. The lowest BCUT2D eigenvalue weighted by Crippen LogP contribution is -2.41. The predicted octanol–water partition coefficient (Wildman–Crippen LogP) is 1.81. The van der Waals surface area contributed by atoms with Crippen molar-refractivity contribution in [2.24, 2.45) is 0 Å². The number of hydrogen-bond acceptors (Lipinski definition) is 5. The van der Waals surface area contributed by atoms with Gasteiger partial charge in [-0.05, 0) is 31.5 Å². The molecular weight excluding hydrogens is 344 g/mol. The van der Waals surface area contributed by atoms with Crippen LogP contribution in [0.5, 0.6) is 0 Å². The normalized spacial score (nSPS) is 20.7. The number of aromatic nitrogens is 2. The van der Waals surface area contributed by atoms with Gasteiger partial charge in [0.15, 0.2) is 5.69 Å². The number of imidazole rings is 1. The van der Waals surface area contributed by atoms with Gasteiger partial charge >= 0.3 is 0 Å². The average Bonchev–Trinajstić information content (AvgIpc) is 3.35. The van der Waals surface area contributed by atoms with Crippen molar-refractivity contribution in [3.63, 3.8) is 0 Å². The molecule has 4 heterocycles. The van der Waals surface area contributed by atoms with E-state index in [0.717, 1.165) is 43.9 Å². The van der Waals surface area contributed by atoms with Gasteiger partial charge in [-0.3, -0.25) is 9.69 Å². The summed E-state index contributed by atoms with van der Waals surface area (Å²) in [7, 11) is 0. The zero-order valence-electron chi connectivity index (χ0n) is 16.0. The molecule has 2 aliphatic rings. The van der Waals surface area contributed by atoms with Gasteiger partial charge in [0, 0.05) is 39.0 Å². The molecule has 2 saturated heterocycles. The van der Waals surface area contributed by atoms with Gasteiger partial charge in [-0.2, -0.15) is 0 Å². The Morgan fingerprint density at radius 3 is 2.89 bits per heavy atom. The van der Waals surface area contributed by atoms with Gasteiger partial charge in [0.1, 0.15) is 5.65 Å². The number of amides is 1. The minimum atomic E-state index is 0.00479. The first-order valence-electron chi connectivity index (χ1n) is 9.93. The first kappa shape index (κ1) is 18.4. The monoisotopic (exact) mass is 372 g/mol. The zero-order valence-corrected chi connectivity index (χ0v) is 16.0. The number of nitrogens with zero attached hydrogens (tertiary/aromatic N) is 4. The van der Waals surface area contributed by atoms with Crippen LogP contribution in [0, 0.1) is 0 Å². The smallest absolute Gasteiger partial charge is 0.274 e. The summed E-state index contributed by atoms with van der Waals surface area (Å²) in [6.45, 7) is 7.93. The quantitative estimate of drug-likeness (QED) is 0.774. The molecule has 0 bridgehead atoms. The topological polar surface area (TPSA) is 59.3 Å². The van der Waals surface area contributed by atoms with Crippen LogP contribution in [0.25, 0.3) is 5.65 Å². The highest BCUT2D eigenvalue weighted by molar-refractivity contribution is 5.94. The van der Waals surface area contributed by atoms with Gasteiger partial charge in [-0.15, -0.1) is 0 Å². The molecule has 146 valence electrons. The Bertz CT molecular complexity index is 779. The first-order chi connectivity index (χ1) is 13.3. The molecule has 7 nitrogen and oxygen atoms in total. The summed E-state index contributed by atoms with van der Waals surface area (Å²) in [4.78, 5) is 22.0. The number of rotatable bonds is 6. The Labute approximate surface area is 159 Å². The standard InChI is InChI=1S/C20H28N4O3/c1-2-22(14-16-6-5-11-27-16)15-17-19(20(25)23-9-12-26-13-10-23)21-18-7-3-4-8-24(17)18/h3-4,7-8,16H,2,5-6,9-15H2,1H3. The fourth-order valence-corrected chi connectivity index (χ4v) is 3.88. The van der Waals surface area contributed by atoms with Crippen molar-refractivity contribution in [3.8, 4) is 0 Å². The van der Waals surface area contributed by atoms with E-state index < -0.39 is 0 Å². The highest BCUT2D eigenvalue weighted by Crippen LogP contribution is 2.20. The maximum Gasteiger partial charge on any atom is 0.274 e. The van der Waals surface area contributed by atoms with Crippen LogP contribution < -0.4 is 0 Å². The SMILES string of the molecule is CCN(Cc1c(C(=O)N2CCOCC2)nc2ccccn12)CC1CCCO1. The number of carbonyl (C=O) groups excluding carboxylic acids is 1. The van der Waals surface area contributed by atoms with Gasteiger partial charge in [0.05, 0.1) is 25.0 Å². The molecule has 0 radical (unpaired) electrons. The second-order valence-electron chi connectivity index (χ2n) is 7.20. The Balaban J connectivity index is 1.61. The average molecular weight is 372 g/mol. The summed E-state index contributed by atoms with van der Waals surface area (Å²) in [5.74, 6) is 0.00479. The molecule has 0 aromatic carbocycles. The first-order valence-corrected chi connectivity index (χ1v) is 9.93. The van der Waals surface area contributed by atoms with E-state index in [2.05, 4.69) is 16.8 Å². The highest BCUT2D eigenvalue weighted by Gasteiger charge is 2.27. The number of ether oxygens (including phenoxy) is 2. The predicted molar refractivity (Wildman–Crippen MR) is 102 cm³/mol. The van der Waals surface area contributed by atoms with Gasteiger partial charge in [0.25, 0.3) is 5.91 Å². The Morgan fingerprint density at radius 1 is 1.30 bits per heavy atom.